The third kappa shape index (κ3) is 2.48. The lowest BCUT2D eigenvalue weighted by molar-refractivity contribution is -0.384. The van der Waals surface area contributed by atoms with Gasteiger partial charge in [-0.1, -0.05) is 0 Å². The second kappa shape index (κ2) is 5.33. The van der Waals surface area contributed by atoms with Crippen molar-refractivity contribution in [2.75, 3.05) is 7.11 Å². The zero-order valence-electron chi connectivity index (χ0n) is 10.8. The lowest BCUT2D eigenvalue weighted by Crippen LogP contribution is -1.95. The fourth-order valence-electron chi connectivity index (χ4n) is 1.81. The van der Waals surface area contributed by atoms with Crippen molar-refractivity contribution in [1.29, 1.82) is 0 Å². The molecule has 21 heavy (non-hydrogen) atoms. The van der Waals surface area contributed by atoms with Crippen LogP contribution in [0.2, 0.25) is 0 Å². The smallest absolute Gasteiger partial charge is 0.273 e. The van der Waals surface area contributed by atoms with Crippen LogP contribution in [-0.4, -0.2) is 22.0 Å². The van der Waals surface area contributed by atoms with E-state index >= 15 is 0 Å². The highest BCUT2D eigenvalue weighted by atomic mass is 32.1. The zero-order chi connectivity index (χ0) is 14.8. The van der Waals surface area contributed by atoms with E-state index in [2.05, 4.69) is 9.97 Å². The number of benzene rings is 1. The van der Waals surface area contributed by atoms with E-state index in [0.29, 0.717) is 11.6 Å². The lowest BCUT2D eigenvalue weighted by atomic mass is 10.3. The molecule has 0 bridgehead atoms. The van der Waals surface area contributed by atoms with Gasteiger partial charge in [-0.05, 0) is 17.5 Å². The number of hydrogen-bond donors (Lipinski definition) is 0. The molecule has 7 nitrogen and oxygen atoms in total. The van der Waals surface area contributed by atoms with Crippen LogP contribution in [0.1, 0.15) is 0 Å². The molecule has 0 fully saturated rings. The monoisotopic (exact) mass is 303 g/mol. The summed E-state index contributed by atoms with van der Waals surface area (Å²) in [6, 6.07) is 5.98. The molecule has 3 rings (SSSR count). The maximum Gasteiger partial charge on any atom is 0.273 e. The van der Waals surface area contributed by atoms with Gasteiger partial charge in [-0.15, -0.1) is 11.3 Å². The van der Waals surface area contributed by atoms with Crippen LogP contribution in [0.3, 0.4) is 0 Å². The topological polar surface area (TPSA) is 87.4 Å². The molecule has 0 spiro atoms. The van der Waals surface area contributed by atoms with Crippen LogP contribution in [0.25, 0.3) is 10.2 Å². The molecule has 3 aromatic rings. The van der Waals surface area contributed by atoms with Crippen LogP contribution >= 0.6 is 11.3 Å². The highest BCUT2D eigenvalue weighted by Crippen LogP contribution is 2.36. The summed E-state index contributed by atoms with van der Waals surface area (Å²) in [6.45, 7) is 0. The summed E-state index contributed by atoms with van der Waals surface area (Å²) in [5.74, 6) is 0.959. The number of ether oxygens (including phenoxy) is 2. The van der Waals surface area contributed by atoms with E-state index < -0.39 is 4.92 Å². The van der Waals surface area contributed by atoms with Gasteiger partial charge in [0.1, 0.15) is 11.2 Å². The van der Waals surface area contributed by atoms with Crippen LogP contribution in [-0.2, 0) is 0 Å². The lowest BCUT2D eigenvalue weighted by Gasteiger charge is -2.09. The maximum absolute atomic E-state index is 10.9. The number of fused-ring (bicyclic) bond motifs is 1. The highest BCUT2D eigenvalue weighted by Gasteiger charge is 2.15. The first-order valence-electron chi connectivity index (χ1n) is 5.87. The number of aromatic nitrogens is 2. The van der Waals surface area contributed by atoms with Gasteiger partial charge in [-0.2, -0.15) is 0 Å². The Labute approximate surface area is 122 Å². The Morgan fingerprint density at radius 2 is 2.10 bits per heavy atom. The van der Waals surface area contributed by atoms with Crippen molar-refractivity contribution < 1.29 is 14.4 Å². The van der Waals surface area contributed by atoms with Gasteiger partial charge in [0.25, 0.3) is 5.69 Å². The van der Waals surface area contributed by atoms with E-state index in [1.54, 1.807) is 0 Å². The minimum absolute atomic E-state index is 0.0820. The number of non-ortho nitro benzene ring substituents is 1. The van der Waals surface area contributed by atoms with Crippen molar-refractivity contribution in [3.63, 3.8) is 0 Å². The quantitative estimate of drug-likeness (QED) is 0.542. The largest absolute Gasteiger partial charge is 0.493 e. The van der Waals surface area contributed by atoms with E-state index in [4.69, 9.17) is 9.47 Å². The van der Waals surface area contributed by atoms with E-state index in [0.717, 1.165) is 10.2 Å². The van der Waals surface area contributed by atoms with E-state index in [9.17, 15) is 10.1 Å². The van der Waals surface area contributed by atoms with Gasteiger partial charge < -0.3 is 9.47 Å². The average Bonchev–Trinajstić information content (AvgIpc) is 2.96. The first-order valence-corrected chi connectivity index (χ1v) is 6.75. The Hall–Kier alpha value is -2.74. The maximum atomic E-state index is 10.9. The Morgan fingerprint density at radius 1 is 1.24 bits per heavy atom. The zero-order valence-corrected chi connectivity index (χ0v) is 11.7. The van der Waals surface area contributed by atoms with Crippen molar-refractivity contribution >= 4 is 27.2 Å². The predicted molar refractivity (Wildman–Crippen MR) is 77.1 cm³/mol. The van der Waals surface area contributed by atoms with Crippen LogP contribution in [0.5, 0.6) is 17.4 Å². The highest BCUT2D eigenvalue weighted by molar-refractivity contribution is 7.16. The third-order valence-corrected chi connectivity index (χ3v) is 3.61. The summed E-state index contributed by atoms with van der Waals surface area (Å²) in [5, 5.41) is 13.5. The molecule has 0 unspecified atom stereocenters. The summed E-state index contributed by atoms with van der Waals surface area (Å²) in [7, 11) is 1.47. The third-order valence-electron chi connectivity index (χ3n) is 2.79. The first kappa shape index (κ1) is 13.3. The molecule has 106 valence electrons. The van der Waals surface area contributed by atoms with Crippen LogP contribution in [0.15, 0.2) is 36.0 Å². The second-order valence-corrected chi connectivity index (χ2v) is 4.91. The fourth-order valence-corrected chi connectivity index (χ4v) is 2.53. The average molecular weight is 303 g/mol. The van der Waals surface area contributed by atoms with Gasteiger partial charge >= 0.3 is 0 Å². The Balaban J connectivity index is 2.06. The molecule has 2 aromatic heterocycles. The van der Waals surface area contributed by atoms with Gasteiger partial charge in [-0.25, -0.2) is 9.97 Å². The summed E-state index contributed by atoms with van der Waals surface area (Å²) in [5.41, 5.74) is -0.0820. The molecular formula is C13H9N3O4S. The fraction of sp³-hybridized carbons (Fsp3) is 0.0769. The van der Waals surface area contributed by atoms with Crippen LogP contribution < -0.4 is 9.47 Å². The minimum Gasteiger partial charge on any atom is -0.493 e. The first-order chi connectivity index (χ1) is 10.2. The molecule has 0 N–H and O–H groups in total. The number of methoxy groups -OCH3 is 1. The standard InChI is InChI=1S/C13H9N3O4S/c1-19-10-3-2-8(16(17)18)6-11(10)20-12-9-4-5-21-13(9)15-7-14-12/h2-7H,1H3. The normalized spacial score (nSPS) is 10.5. The van der Waals surface area contributed by atoms with Gasteiger partial charge in [0.15, 0.2) is 11.5 Å². The molecule has 0 atom stereocenters. The van der Waals surface area contributed by atoms with Crippen molar-refractivity contribution in [3.05, 3.63) is 46.1 Å². The van der Waals surface area contributed by atoms with E-state index in [1.165, 1.54) is 43.0 Å². The van der Waals surface area contributed by atoms with Gasteiger partial charge in [0.05, 0.1) is 23.5 Å². The number of rotatable bonds is 4. The van der Waals surface area contributed by atoms with Crippen LogP contribution in [0.4, 0.5) is 5.69 Å². The summed E-state index contributed by atoms with van der Waals surface area (Å²) in [6.07, 6.45) is 1.39. The van der Waals surface area contributed by atoms with Gasteiger partial charge in [0, 0.05) is 6.07 Å². The number of nitro groups is 1. The predicted octanol–water partition coefficient (Wildman–Crippen LogP) is 3.40. The molecular weight excluding hydrogens is 294 g/mol. The molecule has 0 aliphatic carbocycles. The number of hydrogen-bond acceptors (Lipinski definition) is 7. The number of nitrogens with zero attached hydrogens (tertiary/aromatic N) is 3. The van der Waals surface area contributed by atoms with Crippen molar-refractivity contribution in [2.24, 2.45) is 0 Å². The molecule has 1 aromatic carbocycles. The second-order valence-electron chi connectivity index (χ2n) is 4.01. The summed E-state index contributed by atoms with van der Waals surface area (Å²) in [4.78, 5) is 19.3. The number of nitro benzene ring substituents is 1. The number of thiophene rings is 1. The Bertz CT molecular complexity index is 818. The minimum atomic E-state index is -0.494. The molecule has 0 saturated carbocycles. The van der Waals surface area contributed by atoms with Crippen molar-refractivity contribution in [1.82, 2.24) is 9.97 Å². The summed E-state index contributed by atoms with van der Waals surface area (Å²) < 4.78 is 10.8. The molecule has 0 radical (unpaired) electrons. The Morgan fingerprint density at radius 3 is 2.86 bits per heavy atom. The van der Waals surface area contributed by atoms with Gasteiger partial charge in [0.2, 0.25) is 5.88 Å². The van der Waals surface area contributed by atoms with E-state index in [1.807, 2.05) is 11.4 Å². The van der Waals surface area contributed by atoms with Gasteiger partial charge in [-0.3, -0.25) is 10.1 Å². The van der Waals surface area contributed by atoms with Crippen molar-refractivity contribution in [2.45, 2.75) is 0 Å². The SMILES string of the molecule is COc1ccc([N+](=O)[O-])cc1Oc1ncnc2sccc12. The molecule has 8 heteroatoms. The molecule has 0 saturated heterocycles. The molecule has 2 heterocycles. The van der Waals surface area contributed by atoms with Crippen molar-refractivity contribution in [3.8, 4) is 17.4 Å². The van der Waals surface area contributed by atoms with Crippen LogP contribution in [0, 0.1) is 10.1 Å². The molecule has 0 aliphatic heterocycles. The molecule has 0 amide bonds. The Kier molecular flexibility index (Phi) is 3.36. The van der Waals surface area contributed by atoms with E-state index in [-0.39, 0.29) is 11.4 Å². The molecule has 0 aliphatic rings. The summed E-state index contributed by atoms with van der Waals surface area (Å²) >= 11 is 1.46.